The summed E-state index contributed by atoms with van der Waals surface area (Å²) in [5, 5.41) is 4.10. The van der Waals surface area contributed by atoms with Crippen molar-refractivity contribution in [2.24, 2.45) is 0 Å². The molecule has 1 aliphatic heterocycles. The number of amides is 1. The van der Waals surface area contributed by atoms with Crippen LogP contribution in [0.4, 0.5) is 5.69 Å². The average Bonchev–Trinajstić information content (AvgIpc) is 3.59. The molecule has 1 N–H and O–H groups in total. The van der Waals surface area contributed by atoms with Crippen molar-refractivity contribution >= 4 is 64.8 Å². The molecule has 1 amide bonds. The van der Waals surface area contributed by atoms with Crippen LogP contribution in [0.5, 0.6) is 0 Å². The van der Waals surface area contributed by atoms with E-state index in [0.29, 0.717) is 29.5 Å². The van der Waals surface area contributed by atoms with Crippen LogP contribution in [0.25, 0.3) is 11.4 Å². The van der Waals surface area contributed by atoms with Gasteiger partial charge < -0.3 is 9.42 Å². The number of aromatic nitrogens is 2. The van der Waals surface area contributed by atoms with Crippen LogP contribution < -0.4 is 4.72 Å². The molecule has 4 aromatic rings. The van der Waals surface area contributed by atoms with E-state index in [1.807, 2.05) is 24.3 Å². The molecule has 2 aromatic carbocycles. The van der Waals surface area contributed by atoms with Gasteiger partial charge in [0.25, 0.3) is 15.9 Å². The molecule has 0 aliphatic carbocycles. The molecule has 2 aromatic heterocycles. The van der Waals surface area contributed by atoms with Crippen molar-refractivity contribution in [3.05, 3.63) is 80.4 Å². The maximum absolute atomic E-state index is 13.3. The Hall–Kier alpha value is -2.54. The number of hydrogen-bond donors (Lipinski definition) is 1. The van der Waals surface area contributed by atoms with Crippen LogP contribution in [0, 0.1) is 0 Å². The number of likely N-dealkylation sites (tertiary alicyclic amines) is 1. The molecule has 1 saturated heterocycles. The number of rotatable bonds is 6. The van der Waals surface area contributed by atoms with Gasteiger partial charge in [-0.1, -0.05) is 33.2 Å². The number of hydrogen-bond acceptors (Lipinski definition) is 7. The van der Waals surface area contributed by atoms with Gasteiger partial charge in [-0.05, 0) is 77.3 Å². The number of nitrogens with one attached hydrogen (secondary N) is 1. The summed E-state index contributed by atoms with van der Waals surface area (Å²) in [4.78, 5) is 19.5. The lowest BCUT2D eigenvalue weighted by Gasteiger charge is -2.22. The van der Waals surface area contributed by atoms with Crippen molar-refractivity contribution in [1.82, 2.24) is 15.0 Å². The number of halogens is 2. The summed E-state index contributed by atoms with van der Waals surface area (Å²) >= 11 is 7.84. The summed E-state index contributed by atoms with van der Waals surface area (Å²) in [6, 6.07) is 16.9. The largest absolute Gasteiger partial charge is 0.337 e. The van der Waals surface area contributed by atoms with E-state index in [4.69, 9.17) is 4.52 Å². The summed E-state index contributed by atoms with van der Waals surface area (Å²) in [6.07, 6.45) is 1.54. The first kappa shape index (κ1) is 24.2. The van der Waals surface area contributed by atoms with Gasteiger partial charge in [-0.25, -0.2) is 8.42 Å². The predicted molar refractivity (Wildman–Crippen MR) is 140 cm³/mol. The van der Waals surface area contributed by atoms with E-state index in [1.54, 1.807) is 35.2 Å². The van der Waals surface area contributed by atoms with E-state index in [-0.39, 0.29) is 16.2 Å². The Kier molecular flexibility index (Phi) is 6.80. The highest BCUT2D eigenvalue weighted by Crippen LogP contribution is 2.34. The molecule has 180 valence electrons. The first-order chi connectivity index (χ1) is 16.8. The number of carbonyl (C=O) groups is 1. The van der Waals surface area contributed by atoms with Crippen LogP contribution in [0.3, 0.4) is 0 Å². The fourth-order valence-electron chi connectivity index (χ4n) is 3.88. The van der Waals surface area contributed by atoms with E-state index in [0.717, 1.165) is 38.0 Å². The van der Waals surface area contributed by atoms with Gasteiger partial charge in [0.1, 0.15) is 10.3 Å². The Labute approximate surface area is 222 Å². The third-order valence-electron chi connectivity index (χ3n) is 5.52. The molecule has 1 unspecified atom stereocenters. The molecule has 35 heavy (non-hydrogen) atoms. The molecule has 8 nitrogen and oxygen atoms in total. The molecule has 3 heterocycles. The van der Waals surface area contributed by atoms with E-state index in [1.165, 1.54) is 6.07 Å². The summed E-state index contributed by atoms with van der Waals surface area (Å²) in [7, 11) is -3.70. The van der Waals surface area contributed by atoms with Crippen LogP contribution in [-0.4, -0.2) is 35.9 Å². The van der Waals surface area contributed by atoms with Gasteiger partial charge in [0, 0.05) is 27.8 Å². The van der Waals surface area contributed by atoms with E-state index in [2.05, 4.69) is 46.7 Å². The Morgan fingerprint density at radius 1 is 1.11 bits per heavy atom. The third kappa shape index (κ3) is 5.20. The van der Waals surface area contributed by atoms with Crippen LogP contribution in [-0.2, 0) is 10.0 Å². The highest BCUT2D eigenvalue weighted by molar-refractivity contribution is 9.11. The Morgan fingerprint density at radius 2 is 1.91 bits per heavy atom. The van der Waals surface area contributed by atoms with Crippen LogP contribution in [0.15, 0.2) is 77.7 Å². The average molecular weight is 638 g/mol. The normalized spacial score (nSPS) is 15.9. The summed E-state index contributed by atoms with van der Waals surface area (Å²) in [5.74, 6) is 0.693. The van der Waals surface area contributed by atoms with E-state index in [9.17, 15) is 13.2 Å². The monoisotopic (exact) mass is 636 g/mol. The molecule has 12 heteroatoms. The van der Waals surface area contributed by atoms with Gasteiger partial charge in [-0.15, -0.1) is 11.3 Å². The predicted octanol–water partition coefficient (Wildman–Crippen LogP) is 6.10. The standard InChI is InChI=1S/C23H18Br2N4O4S2/c24-16-4-1-3-15(13-16)21-26-22(33-27-21)18-5-2-12-29(18)23(30)14-6-8-17(9-7-14)28-35(31,32)20-11-10-19(25)34-20/h1,3-4,6-11,13,18,28H,2,5,12H2. The second kappa shape index (κ2) is 9.84. The Bertz CT molecular complexity index is 1490. The third-order valence-corrected chi connectivity index (χ3v) is 9.51. The lowest BCUT2D eigenvalue weighted by Crippen LogP contribution is -2.30. The molecule has 1 fully saturated rings. The van der Waals surface area contributed by atoms with Crippen molar-refractivity contribution in [3.63, 3.8) is 0 Å². The fraction of sp³-hybridized carbons (Fsp3) is 0.174. The van der Waals surface area contributed by atoms with Crippen molar-refractivity contribution in [3.8, 4) is 11.4 Å². The maximum atomic E-state index is 13.3. The van der Waals surface area contributed by atoms with Crippen molar-refractivity contribution in [2.75, 3.05) is 11.3 Å². The SMILES string of the molecule is O=C(c1ccc(NS(=O)(=O)c2ccc(Br)s2)cc1)N1CCCC1c1nc(-c2cccc(Br)c2)no1. The second-order valence-corrected chi connectivity index (χ2v) is 13.2. The first-order valence-electron chi connectivity index (χ1n) is 10.6. The number of carbonyl (C=O) groups excluding carboxylic acids is 1. The molecule has 5 rings (SSSR count). The summed E-state index contributed by atoms with van der Waals surface area (Å²) < 4.78 is 35.0. The zero-order chi connectivity index (χ0) is 24.6. The minimum atomic E-state index is -3.70. The van der Waals surface area contributed by atoms with Gasteiger partial charge in [-0.2, -0.15) is 4.98 Å². The van der Waals surface area contributed by atoms with E-state index < -0.39 is 10.0 Å². The number of thiophene rings is 1. The number of benzene rings is 2. The summed E-state index contributed by atoms with van der Waals surface area (Å²) in [6.45, 7) is 0.569. The zero-order valence-electron chi connectivity index (χ0n) is 18.0. The first-order valence-corrected chi connectivity index (χ1v) is 14.5. The van der Waals surface area contributed by atoms with Crippen molar-refractivity contribution in [1.29, 1.82) is 0 Å². The Morgan fingerprint density at radius 3 is 2.63 bits per heavy atom. The highest BCUT2D eigenvalue weighted by Gasteiger charge is 2.34. The van der Waals surface area contributed by atoms with Crippen molar-refractivity contribution < 1.29 is 17.7 Å². The quantitative estimate of drug-likeness (QED) is 0.274. The molecule has 0 saturated carbocycles. The van der Waals surface area contributed by atoms with Crippen molar-refractivity contribution in [2.45, 2.75) is 23.1 Å². The molecule has 1 aliphatic rings. The molecule has 1 atom stereocenters. The van der Waals surface area contributed by atoms with Crippen LogP contribution >= 0.6 is 43.2 Å². The minimum Gasteiger partial charge on any atom is -0.337 e. The fourth-order valence-corrected chi connectivity index (χ4v) is 7.34. The smallest absolute Gasteiger partial charge is 0.271 e. The zero-order valence-corrected chi connectivity index (χ0v) is 22.8. The highest BCUT2D eigenvalue weighted by atomic mass is 79.9. The van der Waals surface area contributed by atoms with Gasteiger partial charge in [0.15, 0.2) is 0 Å². The Balaban J connectivity index is 1.31. The lowest BCUT2D eigenvalue weighted by molar-refractivity contribution is 0.0710. The van der Waals surface area contributed by atoms with Gasteiger partial charge in [-0.3, -0.25) is 9.52 Å². The van der Waals surface area contributed by atoms with Crippen LogP contribution in [0.2, 0.25) is 0 Å². The molecule has 0 spiro atoms. The van der Waals surface area contributed by atoms with E-state index >= 15 is 0 Å². The number of sulfonamides is 1. The topological polar surface area (TPSA) is 105 Å². The van der Waals surface area contributed by atoms with Crippen LogP contribution in [0.1, 0.15) is 35.1 Å². The van der Waals surface area contributed by atoms with Gasteiger partial charge >= 0.3 is 0 Å². The lowest BCUT2D eigenvalue weighted by atomic mass is 10.1. The van der Waals surface area contributed by atoms with Gasteiger partial charge in [0.05, 0.1) is 3.79 Å². The molecule has 0 bridgehead atoms. The summed E-state index contributed by atoms with van der Waals surface area (Å²) in [5.41, 5.74) is 1.64. The molecule has 0 radical (unpaired) electrons. The second-order valence-electron chi connectivity index (χ2n) is 7.86. The minimum absolute atomic E-state index is 0.175. The number of nitrogens with zero attached hydrogens (tertiary/aromatic N) is 3. The van der Waals surface area contributed by atoms with Gasteiger partial charge in [0.2, 0.25) is 11.7 Å². The number of anilines is 1. The molecular formula is C23H18Br2N4O4S2. The molecular weight excluding hydrogens is 620 g/mol. The maximum Gasteiger partial charge on any atom is 0.271 e.